The number of fused-ring (bicyclic) bond motifs is 1. The van der Waals surface area contributed by atoms with Crippen molar-refractivity contribution in [3.05, 3.63) is 22.7 Å². The Bertz CT molecular complexity index is 483. The average molecular weight is 255 g/mol. The first-order valence-electron chi connectivity index (χ1n) is 4.88. The summed E-state index contributed by atoms with van der Waals surface area (Å²) in [6.07, 6.45) is 1.48. The number of rotatable bonds is 2. The number of halogens is 1. The van der Waals surface area contributed by atoms with E-state index >= 15 is 0 Å². The molecule has 0 bridgehead atoms. The molecule has 0 saturated carbocycles. The van der Waals surface area contributed by atoms with E-state index in [1.165, 1.54) is 6.21 Å². The number of guanidine groups is 1. The van der Waals surface area contributed by atoms with E-state index < -0.39 is 0 Å². The highest BCUT2D eigenvalue weighted by molar-refractivity contribution is 6.32. The van der Waals surface area contributed by atoms with Crippen LogP contribution in [0.15, 0.2) is 22.3 Å². The Morgan fingerprint density at radius 2 is 2.06 bits per heavy atom. The van der Waals surface area contributed by atoms with E-state index in [0.29, 0.717) is 29.7 Å². The largest absolute Gasteiger partial charge is 0.486 e. The van der Waals surface area contributed by atoms with Crippen LogP contribution >= 0.6 is 11.6 Å². The van der Waals surface area contributed by atoms with Crippen molar-refractivity contribution in [1.82, 2.24) is 0 Å². The molecule has 4 N–H and O–H groups in total. The summed E-state index contributed by atoms with van der Waals surface area (Å²) < 4.78 is 10.8. The van der Waals surface area contributed by atoms with Gasteiger partial charge in [-0.05, 0) is 12.1 Å². The first kappa shape index (κ1) is 11.5. The number of nitrogens with zero attached hydrogens (tertiary/aromatic N) is 2. The number of nitrogens with two attached hydrogens (primary N) is 2. The average Bonchev–Trinajstić information content (AvgIpc) is 2.28. The van der Waals surface area contributed by atoms with E-state index in [-0.39, 0.29) is 5.96 Å². The Morgan fingerprint density at radius 3 is 2.82 bits per heavy atom. The van der Waals surface area contributed by atoms with Crippen LogP contribution in [0.25, 0.3) is 0 Å². The van der Waals surface area contributed by atoms with Gasteiger partial charge in [-0.15, -0.1) is 5.10 Å². The SMILES string of the molecule is NC(N)=N/N=C/c1cc(Cl)c2c(c1)OCCO2. The molecule has 0 fully saturated rings. The Hall–Kier alpha value is -1.95. The smallest absolute Gasteiger partial charge is 0.211 e. The first-order chi connectivity index (χ1) is 8.16. The van der Waals surface area contributed by atoms with Crippen LogP contribution in [0.3, 0.4) is 0 Å². The first-order valence-corrected chi connectivity index (χ1v) is 5.26. The molecule has 1 aliphatic heterocycles. The Balaban J connectivity index is 2.28. The minimum Gasteiger partial charge on any atom is -0.486 e. The Labute approximate surface area is 103 Å². The van der Waals surface area contributed by atoms with E-state index in [1.54, 1.807) is 12.1 Å². The fraction of sp³-hybridized carbons (Fsp3) is 0.200. The third-order valence-electron chi connectivity index (χ3n) is 2.00. The van der Waals surface area contributed by atoms with Gasteiger partial charge < -0.3 is 20.9 Å². The zero-order chi connectivity index (χ0) is 12.3. The third kappa shape index (κ3) is 2.79. The van der Waals surface area contributed by atoms with Crippen LogP contribution in [0.2, 0.25) is 5.02 Å². The zero-order valence-corrected chi connectivity index (χ0v) is 9.65. The summed E-state index contributed by atoms with van der Waals surface area (Å²) in [5, 5.41) is 7.64. The third-order valence-corrected chi connectivity index (χ3v) is 2.28. The van der Waals surface area contributed by atoms with E-state index in [4.69, 9.17) is 32.5 Å². The van der Waals surface area contributed by atoms with Gasteiger partial charge in [0.1, 0.15) is 13.2 Å². The molecule has 17 heavy (non-hydrogen) atoms. The topological polar surface area (TPSA) is 95.2 Å². The van der Waals surface area contributed by atoms with Crippen LogP contribution in [0.4, 0.5) is 0 Å². The zero-order valence-electron chi connectivity index (χ0n) is 8.89. The lowest BCUT2D eigenvalue weighted by Crippen LogP contribution is -2.21. The summed E-state index contributed by atoms with van der Waals surface area (Å²) in [4.78, 5) is 0. The molecule has 1 aromatic rings. The van der Waals surface area contributed by atoms with Crippen LogP contribution in [-0.2, 0) is 0 Å². The lowest BCUT2D eigenvalue weighted by atomic mass is 10.2. The highest BCUT2D eigenvalue weighted by atomic mass is 35.5. The number of hydrogen-bond acceptors (Lipinski definition) is 4. The number of ether oxygens (including phenoxy) is 2. The van der Waals surface area contributed by atoms with Crippen molar-refractivity contribution in [1.29, 1.82) is 0 Å². The highest BCUT2D eigenvalue weighted by Crippen LogP contribution is 2.37. The van der Waals surface area contributed by atoms with Crippen molar-refractivity contribution < 1.29 is 9.47 Å². The molecule has 1 aliphatic rings. The van der Waals surface area contributed by atoms with Crippen LogP contribution in [0, 0.1) is 0 Å². The molecule has 1 aromatic carbocycles. The van der Waals surface area contributed by atoms with Crippen molar-refractivity contribution in [2.24, 2.45) is 21.7 Å². The van der Waals surface area contributed by atoms with Gasteiger partial charge in [0, 0.05) is 5.56 Å². The molecule has 0 radical (unpaired) electrons. The summed E-state index contributed by atoms with van der Waals surface area (Å²) in [6.45, 7) is 0.992. The monoisotopic (exact) mass is 254 g/mol. The maximum absolute atomic E-state index is 6.04. The van der Waals surface area contributed by atoms with E-state index in [9.17, 15) is 0 Å². The summed E-state index contributed by atoms with van der Waals surface area (Å²) in [7, 11) is 0. The second kappa shape index (κ2) is 4.92. The lowest BCUT2D eigenvalue weighted by Gasteiger charge is -2.19. The predicted molar refractivity (Wildman–Crippen MR) is 65.8 cm³/mol. The van der Waals surface area contributed by atoms with Gasteiger partial charge >= 0.3 is 0 Å². The fourth-order valence-corrected chi connectivity index (χ4v) is 1.64. The predicted octanol–water partition coefficient (Wildman–Crippen LogP) is 0.719. The van der Waals surface area contributed by atoms with Gasteiger partial charge in [0.2, 0.25) is 5.96 Å². The van der Waals surface area contributed by atoms with Gasteiger partial charge in [0.25, 0.3) is 0 Å². The molecule has 90 valence electrons. The van der Waals surface area contributed by atoms with Crippen molar-refractivity contribution in [3.8, 4) is 11.5 Å². The van der Waals surface area contributed by atoms with Gasteiger partial charge in [-0.3, -0.25) is 0 Å². The normalized spacial score (nSPS) is 13.7. The van der Waals surface area contributed by atoms with Crippen LogP contribution < -0.4 is 20.9 Å². The molecule has 6 nitrogen and oxygen atoms in total. The second-order valence-corrected chi connectivity index (χ2v) is 3.70. The van der Waals surface area contributed by atoms with Crippen LogP contribution in [-0.4, -0.2) is 25.4 Å². The maximum atomic E-state index is 6.04. The standard InChI is InChI=1S/C10H11ClN4O2/c11-7-3-6(5-14-15-10(12)13)4-8-9(7)17-2-1-16-8/h3-5H,1-2H2,(H4,12,13,15)/b14-5+. The Morgan fingerprint density at radius 1 is 1.29 bits per heavy atom. The molecule has 0 aromatic heterocycles. The highest BCUT2D eigenvalue weighted by Gasteiger charge is 2.15. The molecule has 2 rings (SSSR count). The molecular weight excluding hydrogens is 244 g/mol. The summed E-state index contributed by atoms with van der Waals surface area (Å²) in [5.74, 6) is 1.04. The van der Waals surface area contributed by atoms with Gasteiger partial charge in [-0.1, -0.05) is 11.6 Å². The second-order valence-electron chi connectivity index (χ2n) is 3.30. The van der Waals surface area contributed by atoms with Gasteiger partial charge in [0.05, 0.1) is 11.2 Å². The number of benzene rings is 1. The summed E-state index contributed by atoms with van der Waals surface area (Å²) in [6, 6.07) is 3.45. The maximum Gasteiger partial charge on any atom is 0.211 e. The van der Waals surface area contributed by atoms with Gasteiger partial charge in [-0.2, -0.15) is 5.10 Å². The van der Waals surface area contributed by atoms with E-state index in [1.807, 2.05) is 0 Å². The Kier molecular flexibility index (Phi) is 3.34. The lowest BCUT2D eigenvalue weighted by molar-refractivity contribution is 0.171. The summed E-state index contributed by atoms with van der Waals surface area (Å²) >= 11 is 6.04. The molecule has 1 heterocycles. The molecule has 0 unspecified atom stereocenters. The summed E-state index contributed by atoms with van der Waals surface area (Å²) in [5.41, 5.74) is 11.0. The van der Waals surface area contributed by atoms with Crippen LogP contribution in [0.1, 0.15) is 5.56 Å². The van der Waals surface area contributed by atoms with Gasteiger partial charge in [-0.25, -0.2) is 0 Å². The van der Waals surface area contributed by atoms with E-state index in [2.05, 4.69) is 10.2 Å². The fourth-order valence-electron chi connectivity index (χ4n) is 1.37. The molecule has 0 aliphatic carbocycles. The van der Waals surface area contributed by atoms with Crippen LogP contribution in [0.5, 0.6) is 11.5 Å². The number of hydrogen-bond donors (Lipinski definition) is 2. The molecule has 7 heteroatoms. The molecule has 0 amide bonds. The quantitative estimate of drug-likeness (QED) is 0.462. The van der Waals surface area contributed by atoms with Crippen molar-refractivity contribution in [2.45, 2.75) is 0 Å². The van der Waals surface area contributed by atoms with Crippen molar-refractivity contribution >= 4 is 23.8 Å². The van der Waals surface area contributed by atoms with E-state index in [0.717, 1.165) is 5.56 Å². The van der Waals surface area contributed by atoms with Crippen molar-refractivity contribution in [2.75, 3.05) is 13.2 Å². The van der Waals surface area contributed by atoms with Crippen molar-refractivity contribution in [3.63, 3.8) is 0 Å². The molecule has 0 atom stereocenters. The molecule has 0 saturated heterocycles. The molecular formula is C10H11ClN4O2. The van der Waals surface area contributed by atoms with Gasteiger partial charge in [0.15, 0.2) is 11.5 Å². The minimum atomic E-state index is -0.107. The minimum absolute atomic E-state index is 0.107. The molecule has 0 spiro atoms.